The van der Waals surface area contributed by atoms with Crippen LogP contribution in [-0.2, 0) is 9.59 Å². The second kappa shape index (κ2) is 9.30. The van der Waals surface area contributed by atoms with Gasteiger partial charge in [-0.1, -0.05) is 13.3 Å². The Bertz CT molecular complexity index is 190. The van der Waals surface area contributed by atoms with Crippen molar-refractivity contribution >= 4 is 35.9 Å². The molecule has 1 amide bonds. The van der Waals surface area contributed by atoms with E-state index in [2.05, 4.69) is 0 Å². The highest BCUT2D eigenvalue weighted by Gasteiger charge is 2.23. The molecule has 0 aromatic rings. The van der Waals surface area contributed by atoms with E-state index in [4.69, 9.17) is 5.84 Å². The van der Waals surface area contributed by atoms with Crippen LogP contribution in [0, 0.1) is 5.92 Å². The van der Waals surface area contributed by atoms with Crippen molar-refractivity contribution in [2.45, 2.75) is 19.8 Å². The molecule has 0 aliphatic rings. The number of thioether (sulfide) groups is 1. The maximum absolute atomic E-state index is 11.4. The first-order valence-electron chi connectivity index (χ1n) is 4.19. The highest BCUT2D eigenvalue weighted by Crippen LogP contribution is 2.10. The first-order valence-corrected chi connectivity index (χ1v) is 5.58. The lowest BCUT2D eigenvalue weighted by molar-refractivity contribution is -0.133. The number of carbonyl (C=O) groups is 2. The lowest BCUT2D eigenvalue weighted by atomic mass is 9.99. The fraction of sp³-hybridized carbons (Fsp3) is 0.750. The van der Waals surface area contributed by atoms with Gasteiger partial charge in [0.05, 0.1) is 11.7 Å². The quantitative estimate of drug-likeness (QED) is 0.311. The zero-order valence-electron chi connectivity index (χ0n) is 8.41. The number of hydrazine groups is 1. The van der Waals surface area contributed by atoms with Crippen LogP contribution >= 0.6 is 24.2 Å². The molecule has 0 heterocycles. The molecule has 4 nitrogen and oxygen atoms in total. The summed E-state index contributed by atoms with van der Waals surface area (Å²) in [5.74, 6) is 4.37. The summed E-state index contributed by atoms with van der Waals surface area (Å²) in [6, 6.07) is 0. The van der Waals surface area contributed by atoms with Gasteiger partial charge in [-0.2, -0.15) is 11.8 Å². The van der Waals surface area contributed by atoms with Crippen molar-refractivity contribution in [1.29, 1.82) is 0 Å². The molecule has 0 fully saturated rings. The van der Waals surface area contributed by atoms with Crippen LogP contribution in [0.25, 0.3) is 0 Å². The van der Waals surface area contributed by atoms with Crippen LogP contribution in [0.2, 0.25) is 0 Å². The predicted octanol–water partition coefficient (Wildman–Crippen LogP) is 0.746. The summed E-state index contributed by atoms with van der Waals surface area (Å²) in [6.45, 7) is 1.93. The summed E-state index contributed by atoms with van der Waals surface area (Å²) in [4.78, 5) is 22.5. The fourth-order valence-corrected chi connectivity index (χ4v) is 1.56. The average molecular weight is 241 g/mol. The molecule has 14 heavy (non-hydrogen) atoms. The van der Waals surface area contributed by atoms with Gasteiger partial charge in [-0.25, -0.2) is 5.84 Å². The molecule has 0 bridgehead atoms. The summed E-state index contributed by atoms with van der Waals surface area (Å²) in [6.07, 6.45) is 3.21. The van der Waals surface area contributed by atoms with Crippen LogP contribution in [0.3, 0.4) is 0 Å². The minimum absolute atomic E-state index is 0. The number of halogens is 1. The van der Waals surface area contributed by atoms with E-state index in [0.29, 0.717) is 12.2 Å². The predicted molar refractivity (Wildman–Crippen MR) is 61.4 cm³/mol. The average Bonchev–Trinajstić information content (AvgIpc) is 2.13. The van der Waals surface area contributed by atoms with Gasteiger partial charge in [0.15, 0.2) is 5.78 Å². The summed E-state index contributed by atoms with van der Waals surface area (Å²) in [7, 11) is 0. The van der Waals surface area contributed by atoms with Gasteiger partial charge in [-0.3, -0.25) is 15.0 Å². The Morgan fingerprint density at radius 2 is 2.07 bits per heavy atom. The second-order valence-corrected chi connectivity index (χ2v) is 3.62. The standard InChI is InChI=1S/C8H16N2O2S.ClH/c1-3-4-6(8(12)10-9)7(11)5-13-2;/h6H,3-5,9H2,1-2H3,(H,10,12);1H. The van der Waals surface area contributed by atoms with Crippen LogP contribution in [0.5, 0.6) is 0 Å². The SMILES string of the molecule is CCCC(C(=O)CSC)C(=O)NN.Cl. The fourth-order valence-electron chi connectivity index (χ4n) is 1.07. The van der Waals surface area contributed by atoms with E-state index in [1.54, 1.807) is 0 Å². The first-order chi connectivity index (χ1) is 6.17. The number of carbonyl (C=O) groups excluding carboxylic acids is 2. The molecule has 0 aromatic carbocycles. The molecule has 3 N–H and O–H groups in total. The topological polar surface area (TPSA) is 72.2 Å². The van der Waals surface area contributed by atoms with Crippen molar-refractivity contribution in [2.75, 3.05) is 12.0 Å². The van der Waals surface area contributed by atoms with E-state index in [0.717, 1.165) is 6.42 Å². The monoisotopic (exact) mass is 240 g/mol. The van der Waals surface area contributed by atoms with Crippen LogP contribution in [-0.4, -0.2) is 23.7 Å². The minimum atomic E-state index is -0.567. The first kappa shape index (κ1) is 16.2. The van der Waals surface area contributed by atoms with E-state index < -0.39 is 5.92 Å². The van der Waals surface area contributed by atoms with Gasteiger partial charge in [0.2, 0.25) is 5.91 Å². The second-order valence-electron chi connectivity index (χ2n) is 2.75. The third kappa shape index (κ3) is 5.47. The van der Waals surface area contributed by atoms with Gasteiger partial charge >= 0.3 is 0 Å². The molecule has 1 atom stereocenters. The van der Waals surface area contributed by atoms with Crippen molar-refractivity contribution < 1.29 is 9.59 Å². The molecule has 0 aromatic heterocycles. The molecule has 0 aliphatic heterocycles. The molecular weight excluding hydrogens is 224 g/mol. The van der Waals surface area contributed by atoms with E-state index in [1.165, 1.54) is 11.8 Å². The molecule has 0 spiro atoms. The number of Topliss-reactive ketones (excluding diaryl/α,β-unsaturated/α-hetero) is 1. The molecule has 0 rings (SSSR count). The Morgan fingerprint density at radius 1 is 1.50 bits per heavy atom. The van der Waals surface area contributed by atoms with Crippen molar-refractivity contribution in [1.82, 2.24) is 5.43 Å². The Hall–Kier alpha value is -0.260. The Morgan fingerprint density at radius 3 is 2.43 bits per heavy atom. The van der Waals surface area contributed by atoms with Gasteiger partial charge in [0, 0.05) is 0 Å². The number of hydrogen-bond acceptors (Lipinski definition) is 4. The van der Waals surface area contributed by atoms with Crippen molar-refractivity contribution in [3.05, 3.63) is 0 Å². The molecule has 0 saturated carbocycles. The molecule has 0 radical (unpaired) electrons. The summed E-state index contributed by atoms with van der Waals surface area (Å²) in [5, 5.41) is 0. The smallest absolute Gasteiger partial charge is 0.244 e. The summed E-state index contributed by atoms with van der Waals surface area (Å²) < 4.78 is 0. The van der Waals surface area contributed by atoms with E-state index in [1.807, 2.05) is 18.6 Å². The highest BCUT2D eigenvalue weighted by atomic mass is 35.5. The Balaban J connectivity index is 0. The maximum Gasteiger partial charge on any atom is 0.244 e. The zero-order valence-corrected chi connectivity index (χ0v) is 10.0. The lowest BCUT2D eigenvalue weighted by Crippen LogP contribution is -2.40. The number of hydrogen-bond donors (Lipinski definition) is 2. The third-order valence-corrected chi connectivity index (χ3v) is 2.28. The van der Waals surface area contributed by atoms with Gasteiger partial charge in [0.1, 0.15) is 0 Å². The third-order valence-electron chi connectivity index (χ3n) is 1.71. The summed E-state index contributed by atoms with van der Waals surface area (Å²) >= 11 is 1.42. The number of nitrogens with two attached hydrogens (primary N) is 1. The van der Waals surface area contributed by atoms with Crippen molar-refractivity contribution in [2.24, 2.45) is 11.8 Å². The molecule has 0 aliphatic carbocycles. The van der Waals surface area contributed by atoms with Crippen molar-refractivity contribution in [3.63, 3.8) is 0 Å². The van der Waals surface area contributed by atoms with Gasteiger partial charge in [-0.15, -0.1) is 12.4 Å². The van der Waals surface area contributed by atoms with E-state index in [-0.39, 0.29) is 24.1 Å². The largest absolute Gasteiger partial charge is 0.298 e. The number of nitrogens with one attached hydrogen (secondary N) is 1. The van der Waals surface area contributed by atoms with Crippen LogP contribution in [0.1, 0.15) is 19.8 Å². The lowest BCUT2D eigenvalue weighted by Gasteiger charge is -2.11. The molecule has 1 unspecified atom stereocenters. The summed E-state index contributed by atoms with van der Waals surface area (Å²) in [5.41, 5.74) is 2.02. The number of ketones is 1. The zero-order chi connectivity index (χ0) is 10.3. The normalized spacial score (nSPS) is 11.4. The number of rotatable bonds is 6. The van der Waals surface area contributed by atoms with E-state index in [9.17, 15) is 9.59 Å². The highest BCUT2D eigenvalue weighted by molar-refractivity contribution is 7.99. The van der Waals surface area contributed by atoms with Gasteiger partial charge < -0.3 is 0 Å². The molecular formula is C8H17ClN2O2S. The molecule has 0 saturated heterocycles. The molecule has 84 valence electrons. The number of amides is 1. The minimum Gasteiger partial charge on any atom is -0.298 e. The molecule has 6 heteroatoms. The van der Waals surface area contributed by atoms with E-state index >= 15 is 0 Å². The van der Waals surface area contributed by atoms with Crippen LogP contribution in [0.4, 0.5) is 0 Å². The Labute approximate surface area is 94.8 Å². The van der Waals surface area contributed by atoms with Gasteiger partial charge in [0.25, 0.3) is 0 Å². The van der Waals surface area contributed by atoms with Crippen LogP contribution < -0.4 is 11.3 Å². The van der Waals surface area contributed by atoms with Crippen molar-refractivity contribution in [3.8, 4) is 0 Å². The van der Waals surface area contributed by atoms with Crippen LogP contribution in [0.15, 0.2) is 0 Å². The maximum atomic E-state index is 11.4. The van der Waals surface area contributed by atoms with Gasteiger partial charge in [-0.05, 0) is 12.7 Å². The Kier molecular flexibility index (Phi) is 10.7.